The molecule has 2 heterocycles. The molecule has 0 amide bonds. The van der Waals surface area contributed by atoms with E-state index in [1.165, 1.54) is 0 Å². The maximum absolute atomic E-state index is 14.2. The first kappa shape index (κ1) is 22.9. The highest BCUT2D eigenvalue weighted by Crippen LogP contribution is 2.73. The van der Waals surface area contributed by atoms with Gasteiger partial charge in [-0.15, -0.1) is 0 Å². The Morgan fingerprint density at radius 1 is 1.36 bits per heavy atom. The van der Waals surface area contributed by atoms with Crippen LogP contribution in [0, 0.1) is 0 Å². The molecule has 160 valence electrons. The quantitative estimate of drug-likeness (QED) is 0.277. The molecular formula is C10H13F4N3O9P2. The molecule has 1 aliphatic rings. The number of aliphatic hydroxyl groups excluding tert-OH is 1. The number of rotatable bonds is 6. The van der Waals surface area contributed by atoms with E-state index in [0.717, 1.165) is 12.3 Å². The number of nitrogens with two attached hydrogens (primary N) is 1. The van der Waals surface area contributed by atoms with Crippen molar-refractivity contribution in [3.05, 3.63) is 22.7 Å². The smallest absolute Gasteiger partial charge is 0.384 e. The number of hydrogen-bond acceptors (Lipinski definition) is 8. The number of halogens is 4. The largest absolute Gasteiger partial charge is 0.443 e. The number of alkyl halides is 4. The lowest BCUT2D eigenvalue weighted by atomic mass is 10.1. The van der Waals surface area contributed by atoms with Crippen LogP contribution in [0.2, 0.25) is 0 Å². The molecule has 0 aromatic carbocycles. The van der Waals surface area contributed by atoms with Crippen molar-refractivity contribution >= 4 is 21.0 Å². The molecule has 1 fully saturated rings. The predicted octanol–water partition coefficient (Wildman–Crippen LogP) is -0.351. The van der Waals surface area contributed by atoms with Crippen LogP contribution >= 0.6 is 15.2 Å². The zero-order valence-electron chi connectivity index (χ0n) is 13.3. The van der Waals surface area contributed by atoms with Crippen molar-refractivity contribution in [3.8, 4) is 0 Å². The molecular weight excluding hydrogens is 444 g/mol. The van der Waals surface area contributed by atoms with E-state index in [-0.39, 0.29) is 10.4 Å². The number of ether oxygens (including phenoxy) is 1. The van der Waals surface area contributed by atoms with Crippen LogP contribution in [0.3, 0.4) is 0 Å². The van der Waals surface area contributed by atoms with Gasteiger partial charge in [0, 0.05) is 6.20 Å². The summed E-state index contributed by atoms with van der Waals surface area (Å²) in [6, 6.07) is 0.944. The molecule has 18 heteroatoms. The molecule has 2 unspecified atom stereocenters. The molecule has 0 bridgehead atoms. The molecule has 0 saturated carbocycles. The Morgan fingerprint density at radius 3 is 2.43 bits per heavy atom. The fourth-order valence-corrected chi connectivity index (χ4v) is 4.12. The van der Waals surface area contributed by atoms with Gasteiger partial charge in [0.2, 0.25) is 6.23 Å². The third-order valence-electron chi connectivity index (χ3n) is 3.59. The van der Waals surface area contributed by atoms with Crippen LogP contribution in [0.1, 0.15) is 6.23 Å². The molecule has 0 aliphatic carbocycles. The van der Waals surface area contributed by atoms with E-state index >= 15 is 0 Å². The van der Waals surface area contributed by atoms with Crippen molar-refractivity contribution in [2.24, 2.45) is 0 Å². The molecule has 6 N–H and O–H groups in total. The zero-order chi connectivity index (χ0) is 21.7. The summed E-state index contributed by atoms with van der Waals surface area (Å²) in [6.07, 6.45) is -6.78. The average Bonchev–Trinajstić information content (AvgIpc) is 2.75. The first-order valence-corrected chi connectivity index (χ1v) is 10.2. The number of anilines is 1. The highest BCUT2D eigenvalue weighted by Gasteiger charge is 2.66. The topological polar surface area (TPSA) is 194 Å². The Bertz CT molecular complexity index is 906. The molecule has 1 aliphatic heterocycles. The van der Waals surface area contributed by atoms with Gasteiger partial charge in [0.05, 0.1) is 6.61 Å². The number of hydrogen-bond donors (Lipinski definition) is 5. The number of aromatic nitrogens is 2. The molecule has 12 nitrogen and oxygen atoms in total. The van der Waals surface area contributed by atoms with Crippen LogP contribution < -0.4 is 11.4 Å². The minimum Gasteiger partial charge on any atom is -0.384 e. The standard InChI is InChI=1S/C10H13F4N3O9P2/c11-9(12)6(18)4(3-25-28(23,24)10(13,14)27(20,21)22)26-7(9)17-2-1-5(15)16-8(17)19/h1-2,4,6-7,18H,3H2,(H,23,24)(H2,15,16,19)(H2,20,21,22)/t4-,6?,7-/m1/s1. The first-order valence-electron chi connectivity index (χ1n) is 6.99. The van der Waals surface area contributed by atoms with Crippen molar-refractivity contribution in [2.75, 3.05) is 12.3 Å². The van der Waals surface area contributed by atoms with Crippen LogP contribution in [-0.4, -0.2) is 59.5 Å². The Labute approximate surface area is 152 Å². The van der Waals surface area contributed by atoms with Gasteiger partial charge >= 0.3 is 32.2 Å². The fraction of sp³-hybridized carbons (Fsp3) is 0.600. The lowest BCUT2D eigenvalue weighted by Gasteiger charge is -2.24. The van der Waals surface area contributed by atoms with Gasteiger partial charge in [0.15, 0.2) is 6.10 Å². The average molecular weight is 457 g/mol. The maximum Gasteiger partial charge on any atom is 0.443 e. The van der Waals surface area contributed by atoms with Crippen molar-refractivity contribution in [3.63, 3.8) is 0 Å². The summed E-state index contributed by atoms with van der Waals surface area (Å²) in [7, 11) is -12.8. The zero-order valence-corrected chi connectivity index (χ0v) is 15.1. The SMILES string of the molecule is Nc1ccn([C@@H]2O[C@H](COP(=O)(O)C(F)(F)P(=O)(O)O)C(O)C2(F)F)c(=O)n1. The highest BCUT2D eigenvalue weighted by molar-refractivity contribution is 7.72. The van der Waals surface area contributed by atoms with Gasteiger partial charge in [-0.1, -0.05) is 0 Å². The second-order valence-electron chi connectivity index (χ2n) is 5.56. The molecule has 0 spiro atoms. The van der Waals surface area contributed by atoms with Gasteiger partial charge in [-0.05, 0) is 6.07 Å². The van der Waals surface area contributed by atoms with Crippen LogP contribution in [0.4, 0.5) is 23.4 Å². The van der Waals surface area contributed by atoms with E-state index in [1.54, 1.807) is 0 Å². The molecule has 0 radical (unpaired) electrons. The molecule has 1 saturated heterocycles. The van der Waals surface area contributed by atoms with Crippen LogP contribution in [-0.2, 0) is 18.4 Å². The first-order chi connectivity index (χ1) is 12.5. The van der Waals surface area contributed by atoms with Crippen LogP contribution in [0.5, 0.6) is 0 Å². The van der Waals surface area contributed by atoms with Gasteiger partial charge in [-0.3, -0.25) is 13.7 Å². The number of nitrogens with zero attached hydrogens (tertiary/aromatic N) is 2. The molecule has 1 aromatic rings. The number of aliphatic hydroxyl groups is 1. The fourth-order valence-electron chi connectivity index (χ4n) is 2.13. The van der Waals surface area contributed by atoms with Crippen LogP contribution in [0.25, 0.3) is 0 Å². The summed E-state index contributed by atoms with van der Waals surface area (Å²) in [6.45, 7) is -1.59. The second kappa shape index (κ2) is 7.15. The van der Waals surface area contributed by atoms with E-state index in [2.05, 4.69) is 14.2 Å². The normalized spacial score (nSPS) is 27.5. The lowest BCUT2D eigenvalue weighted by Crippen LogP contribution is -2.42. The van der Waals surface area contributed by atoms with Gasteiger partial charge in [-0.2, -0.15) is 22.5 Å². The van der Waals surface area contributed by atoms with Crippen molar-refractivity contribution in [2.45, 2.75) is 29.8 Å². The Balaban J connectivity index is 2.24. The second-order valence-corrected chi connectivity index (χ2v) is 9.42. The molecule has 28 heavy (non-hydrogen) atoms. The summed E-state index contributed by atoms with van der Waals surface area (Å²) < 4.78 is 85.9. The van der Waals surface area contributed by atoms with E-state index in [4.69, 9.17) is 20.4 Å². The van der Waals surface area contributed by atoms with Crippen molar-refractivity contribution in [1.29, 1.82) is 0 Å². The van der Waals surface area contributed by atoms with Gasteiger partial charge < -0.3 is 34.8 Å². The molecule has 1 aromatic heterocycles. The van der Waals surface area contributed by atoms with E-state index in [9.17, 15) is 36.6 Å². The predicted molar refractivity (Wildman–Crippen MR) is 80.5 cm³/mol. The van der Waals surface area contributed by atoms with Crippen molar-refractivity contribution < 1.29 is 55.7 Å². The van der Waals surface area contributed by atoms with Crippen LogP contribution in [0.15, 0.2) is 17.1 Å². The lowest BCUT2D eigenvalue weighted by molar-refractivity contribution is -0.140. The van der Waals surface area contributed by atoms with Crippen molar-refractivity contribution in [1.82, 2.24) is 9.55 Å². The maximum atomic E-state index is 14.2. The Kier molecular flexibility index (Phi) is 5.84. The molecule has 4 atom stereocenters. The summed E-state index contributed by atoms with van der Waals surface area (Å²) in [5.41, 5.74) is 3.90. The van der Waals surface area contributed by atoms with E-state index in [1.807, 2.05) is 0 Å². The highest BCUT2D eigenvalue weighted by atomic mass is 31.2. The van der Waals surface area contributed by atoms with Gasteiger partial charge in [0.25, 0.3) is 0 Å². The molecule has 2 rings (SSSR count). The summed E-state index contributed by atoms with van der Waals surface area (Å²) >= 11 is 0. The van der Waals surface area contributed by atoms with Gasteiger partial charge in [0.1, 0.15) is 11.9 Å². The third kappa shape index (κ3) is 3.86. The van der Waals surface area contributed by atoms with E-state index < -0.39 is 57.3 Å². The Morgan fingerprint density at radius 2 is 1.93 bits per heavy atom. The van der Waals surface area contributed by atoms with E-state index in [0.29, 0.717) is 0 Å². The summed E-state index contributed by atoms with van der Waals surface area (Å²) in [5, 5.41) is 4.09. The minimum absolute atomic E-state index is 0.225. The third-order valence-corrected chi connectivity index (χ3v) is 7.01. The van der Waals surface area contributed by atoms with Gasteiger partial charge in [-0.25, -0.2) is 4.79 Å². The minimum atomic E-state index is -6.45. The summed E-state index contributed by atoms with van der Waals surface area (Å²) in [4.78, 5) is 40.8. The number of nitrogen functional groups attached to an aromatic ring is 1. The summed E-state index contributed by atoms with van der Waals surface area (Å²) in [5.74, 6) is -4.52. The Hall–Kier alpha value is -1.38. The monoisotopic (exact) mass is 457 g/mol.